The van der Waals surface area contributed by atoms with E-state index in [1.807, 2.05) is 36.4 Å². The maximum Gasteiger partial charge on any atom is 0.164 e. The van der Waals surface area contributed by atoms with Crippen molar-refractivity contribution in [3.63, 3.8) is 0 Å². The van der Waals surface area contributed by atoms with E-state index in [0.29, 0.717) is 17.5 Å². The van der Waals surface area contributed by atoms with Crippen LogP contribution >= 0.6 is 0 Å². The largest absolute Gasteiger partial charge is 0.307 e. The Balaban J connectivity index is 1.33. The van der Waals surface area contributed by atoms with Crippen LogP contribution in [0.15, 0.2) is 182 Å². The van der Waals surface area contributed by atoms with E-state index in [1.165, 1.54) is 0 Å². The summed E-state index contributed by atoms with van der Waals surface area (Å²) in [5.41, 5.74) is 17.0. The van der Waals surface area contributed by atoms with Crippen LogP contribution in [0.5, 0.6) is 0 Å². The molecule has 0 unspecified atom stereocenters. The van der Waals surface area contributed by atoms with Gasteiger partial charge in [0.2, 0.25) is 0 Å². The van der Waals surface area contributed by atoms with E-state index in [4.69, 9.17) is 34.9 Å². The number of aromatic nitrogens is 9. The fourth-order valence-corrected chi connectivity index (χ4v) is 10.5. The zero-order valence-corrected chi connectivity index (χ0v) is 47.3. The van der Waals surface area contributed by atoms with Crippen LogP contribution in [0.25, 0.3) is 89.7 Å². The zero-order chi connectivity index (χ0) is 55.2. The molecule has 0 aliphatic heterocycles. The highest BCUT2D eigenvalue weighted by Gasteiger charge is 2.32. The van der Waals surface area contributed by atoms with Gasteiger partial charge in [0.15, 0.2) is 17.5 Å². The van der Waals surface area contributed by atoms with Gasteiger partial charge in [-0.15, -0.1) is 0 Å². The number of benzene rings is 5. The van der Waals surface area contributed by atoms with Crippen molar-refractivity contribution in [1.29, 1.82) is 0 Å². The van der Waals surface area contributed by atoms with Gasteiger partial charge < -0.3 is 14.0 Å². The van der Waals surface area contributed by atoms with E-state index in [9.17, 15) is 0 Å². The van der Waals surface area contributed by atoms with Crippen molar-refractivity contribution in [2.75, 3.05) is 4.90 Å². The molecule has 7 heterocycles. The minimum atomic E-state index is -0.232. The molecule has 0 fully saturated rings. The van der Waals surface area contributed by atoms with Gasteiger partial charge in [-0.3, -0.25) is 0 Å². The van der Waals surface area contributed by atoms with Gasteiger partial charge in [0.25, 0.3) is 0 Å². The SMILES string of the molecule is CC(C)(C)c1ccc2c(n1)c1nc(C(C)(C)C)ccc1n2-c1cc(-c2nc(-c3ccccc3)nc(-c3ccccc3)n2)cc(-n2c3ccc(C(C)(C)C)nc3c3nc(C(C)(C)C)ccc32)c1N(c1ccccc1)c1ccccc1. The third kappa shape index (κ3) is 9.28. The number of anilines is 3. The predicted octanol–water partition coefficient (Wildman–Crippen LogP) is 17.3. The highest BCUT2D eigenvalue weighted by Crippen LogP contribution is 2.49. The predicted molar refractivity (Wildman–Crippen MR) is 325 cm³/mol. The summed E-state index contributed by atoms with van der Waals surface area (Å²) in [6, 6.07) is 63.7. The van der Waals surface area contributed by atoms with E-state index >= 15 is 0 Å². The lowest BCUT2D eigenvalue weighted by Crippen LogP contribution is -2.17. The number of nitrogens with zero attached hydrogens (tertiary/aromatic N) is 10. The van der Waals surface area contributed by atoms with Gasteiger partial charge in [-0.2, -0.15) is 0 Å². The molecule has 10 heteroatoms. The lowest BCUT2D eigenvalue weighted by atomic mass is 9.91. The van der Waals surface area contributed by atoms with E-state index < -0.39 is 0 Å². The molecule has 0 amide bonds. The van der Waals surface area contributed by atoms with Gasteiger partial charge in [0.05, 0.1) is 39.1 Å². The van der Waals surface area contributed by atoms with Gasteiger partial charge in [0.1, 0.15) is 22.1 Å². The fourth-order valence-electron chi connectivity index (χ4n) is 10.5. The van der Waals surface area contributed by atoms with E-state index in [2.05, 4.69) is 243 Å². The molecule has 0 spiro atoms. The second-order valence-electron chi connectivity index (χ2n) is 24.8. The van der Waals surface area contributed by atoms with Crippen LogP contribution < -0.4 is 4.90 Å². The number of rotatable bonds is 8. The maximum atomic E-state index is 5.56. The average molecular weight is 1040 g/mol. The molecule has 5 aromatic carbocycles. The van der Waals surface area contributed by atoms with Crippen LogP contribution in [0, 0.1) is 0 Å². The van der Waals surface area contributed by atoms with Crippen LogP contribution in [-0.4, -0.2) is 44.0 Å². The Morgan fingerprint density at radius 3 is 0.835 bits per heavy atom. The molecular weight excluding hydrogens is 969 g/mol. The van der Waals surface area contributed by atoms with Crippen molar-refractivity contribution in [2.24, 2.45) is 0 Å². The van der Waals surface area contributed by atoms with Crippen LogP contribution in [0.1, 0.15) is 106 Å². The lowest BCUT2D eigenvalue weighted by Gasteiger charge is -2.31. The quantitative estimate of drug-likeness (QED) is 0.148. The summed E-state index contributed by atoms with van der Waals surface area (Å²) in [5.74, 6) is 1.64. The molecule has 0 aliphatic carbocycles. The van der Waals surface area contributed by atoms with Gasteiger partial charge >= 0.3 is 0 Å². The smallest absolute Gasteiger partial charge is 0.164 e. The Morgan fingerprint density at radius 1 is 0.291 bits per heavy atom. The van der Waals surface area contributed by atoms with Crippen LogP contribution in [0.4, 0.5) is 17.1 Å². The number of pyridine rings is 4. The van der Waals surface area contributed by atoms with Crippen LogP contribution in [0.3, 0.4) is 0 Å². The summed E-state index contributed by atoms with van der Waals surface area (Å²) < 4.78 is 4.73. The molecule has 0 atom stereocenters. The molecule has 392 valence electrons. The monoisotopic (exact) mass is 1030 g/mol. The Kier molecular flexibility index (Phi) is 12.2. The zero-order valence-electron chi connectivity index (χ0n) is 47.3. The maximum absolute atomic E-state index is 5.56. The summed E-state index contributed by atoms with van der Waals surface area (Å²) in [4.78, 5) is 40.7. The van der Waals surface area contributed by atoms with Crippen LogP contribution in [-0.2, 0) is 21.7 Å². The van der Waals surface area contributed by atoms with Crippen molar-refractivity contribution in [3.05, 3.63) is 205 Å². The van der Waals surface area contributed by atoms with Gasteiger partial charge in [-0.1, -0.05) is 180 Å². The van der Waals surface area contributed by atoms with E-state index in [-0.39, 0.29) is 21.7 Å². The van der Waals surface area contributed by atoms with Gasteiger partial charge in [-0.25, -0.2) is 34.9 Å². The Morgan fingerprint density at radius 2 is 0.557 bits per heavy atom. The summed E-state index contributed by atoms with van der Waals surface area (Å²) in [7, 11) is 0. The topological polar surface area (TPSA) is 103 Å². The van der Waals surface area contributed by atoms with Crippen molar-refractivity contribution >= 4 is 61.2 Å². The highest BCUT2D eigenvalue weighted by molar-refractivity contribution is 6.09. The number of hydrogen-bond acceptors (Lipinski definition) is 8. The second-order valence-corrected chi connectivity index (χ2v) is 24.8. The Labute approximate surface area is 463 Å². The average Bonchev–Trinajstić information content (AvgIpc) is 3.33. The number of para-hydroxylation sites is 2. The molecule has 12 aromatic rings. The molecule has 7 aromatic heterocycles. The summed E-state index contributed by atoms with van der Waals surface area (Å²) in [6.07, 6.45) is 0. The highest BCUT2D eigenvalue weighted by atomic mass is 15.2. The Hall–Kier alpha value is -8.89. The standard InChI is InChI=1S/C69H66N10/c1-66(2,3)54-37-33-48-58(70-54)59-49(34-38-55(71-59)67(4,5)6)78(48)52-41-45(65-75-63(43-25-17-13-18-26-43)74-64(76-65)44-27-19-14-20-28-44)42-53(62(52)77(46-29-21-15-22-30-46)47-31-23-16-24-32-47)79-50-35-39-56(68(7,8)9)72-60(50)61-51(79)36-40-57(73-61)69(10,11)12/h13-42H,1-12H3. The van der Waals surface area contributed by atoms with Crippen molar-refractivity contribution in [2.45, 2.75) is 105 Å². The lowest BCUT2D eigenvalue weighted by molar-refractivity contribution is 0.570. The summed E-state index contributed by atoms with van der Waals surface area (Å²) >= 11 is 0. The van der Waals surface area contributed by atoms with Crippen molar-refractivity contribution in [3.8, 4) is 45.5 Å². The molecule has 0 aliphatic rings. The van der Waals surface area contributed by atoms with E-state index in [0.717, 1.165) is 112 Å². The molecule has 79 heavy (non-hydrogen) atoms. The first kappa shape index (κ1) is 50.9. The molecule has 0 radical (unpaired) electrons. The number of hydrogen-bond donors (Lipinski definition) is 0. The van der Waals surface area contributed by atoms with Crippen LogP contribution in [0.2, 0.25) is 0 Å². The normalized spacial score (nSPS) is 12.6. The molecule has 10 nitrogen and oxygen atoms in total. The Bertz CT molecular complexity index is 3860. The fraction of sp³-hybridized carbons (Fsp3) is 0.232. The van der Waals surface area contributed by atoms with Gasteiger partial charge in [-0.05, 0) is 84.9 Å². The second kappa shape index (κ2) is 18.9. The molecule has 12 rings (SSSR count). The summed E-state index contributed by atoms with van der Waals surface area (Å²) in [5, 5.41) is 0. The van der Waals surface area contributed by atoms with Gasteiger partial charge in [0, 0.05) is 72.5 Å². The minimum absolute atomic E-state index is 0.232. The molecule has 0 saturated heterocycles. The first-order valence-corrected chi connectivity index (χ1v) is 27.3. The van der Waals surface area contributed by atoms with Crippen molar-refractivity contribution < 1.29 is 0 Å². The molecule has 0 bridgehead atoms. The number of fused-ring (bicyclic) bond motifs is 6. The summed E-state index contributed by atoms with van der Waals surface area (Å²) in [6.45, 7) is 26.6. The first-order chi connectivity index (χ1) is 37.7. The van der Waals surface area contributed by atoms with E-state index in [1.54, 1.807) is 0 Å². The molecule has 0 N–H and O–H groups in total. The van der Waals surface area contributed by atoms with Crippen molar-refractivity contribution in [1.82, 2.24) is 44.0 Å². The third-order valence-corrected chi connectivity index (χ3v) is 14.7. The molecular formula is C69H66N10. The minimum Gasteiger partial charge on any atom is -0.307 e. The third-order valence-electron chi connectivity index (χ3n) is 14.7. The first-order valence-electron chi connectivity index (χ1n) is 27.3. The molecule has 0 saturated carbocycles.